The molecule has 0 bridgehead atoms. The van der Waals surface area contributed by atoms with Crippen LogP contribution in [-0.4, -0.2) is 10.2 Å². The fraction of sp³-hybridized carbons (Fsp3) is 0. The van der Waals surface area contributed by atoms with Crippen LogP contribution in [0.25, 0.3) is 11.1 Å². The zero-order chi connectivity index (χ0) is 17.3. The first-order valence-electron chi connectivity index (χ1n) is 7.12. The van der Waals surface area contributed by atoms with Gasteiger partial charge in [0.05, 0.1) is 0 Å². The summed E-state index contributed by atoms with van der Waals surface area (Å²) < 4.78 is 18.2. The molecule has 0 aliphatic carbocycles. The van der Waals surface area contributed by atoms with Gasteiger partial charge >= 0.3 is 7.82 Å². The minimum absolute atomic E-state index is 0.150. The van der Waals surface area contributed by atoms with Gasteiger partial charge in [-0.25, -0.2) is 9.82 Å². The van der Waals surface area contributed by atoms with Crippen molar-refractivity contribution in [3.8, 4) is 16.9 Å². The highest BCUT2D eigenvalue weighted by Gasteiger charge is 2.22. The summed E-state index contributed by atoms with van der Waals surface area (Å²) in [6.07, 6.45) is 0. The average molecular weight is 344 g/mol. The van der Waals surface area contributed by atoms with Gasteiger partial charge in [-0.2, -0.15) is 0 Å². The molecule has 0 aliphatic rings. The molecule has 24 heavy (non-hydrogen) atoms. The van der Waals surface area contributed by atoms with Gasteiger partial charge in [-0.05, 0) is 23.3 Å². The van der Waals surface area contributed by atoms with Crippen LogP contribution in [0.15, 0.2) is 91.0 Å². The molecule has 124 valence electrons. The fourth-order valence-corrected chi connectivity index (χ4v) is 2.31. The molecule has 1 atom stereocenters. The average Bonchev–Trinajstić information content (AvgIpc) is 2.64. The topological polar surface area (TPSA) is 76.0 Å². The Labute approximate surface area is 140 Å². The van der Waals surface area contributed by atoms with E-state index in [1.807, 2.05) is 12.1 Å². The maximum Gasteiger partial charge on any atom is 0.555 e. The van der Waals surface area contributed by atoms with E-state index in [2.05, 4.69) is 57.7 Å². The van der Waals surface area contributed by atoms with Gasteiger partial charge in [-0.1, -0.05) is 78.9 Å². The zero-order valence-corrected chi connectivity index (χ0v) is 13.6. The van der Waals surface area contributed by atoms with Crippen molar-refractivity contribution >= 4 is 7.82 Å². The molecule has 0 saturated carbocycles. The summed E-state index contributed by atoms with van der Waals surface area (Å²) in [6, 6.07) is 28.7. The van der Waals surface area contributed by atoms with Crippen molar-refractivity contribution in [2.45, 2.75) is 0 Å². The smallest absolute Gasteiger partial charge is 0.403 e. The lowest BCUT2D eigenvalue weighted by atomic mass is 10.1. The molecule has 2 N–H and O–H groups in total. The number of rotatable bonds is 4. The molecule has 5 nitrogen and oxygen atoms in total. The number of hydrogen-bond acceptors (Lipinski definition) is 4. The quantitative estimate of drug-likeness (QED) is 0.395. The Hall–Kier alpha value is -2.43. The summed E-state index contributed by atoms with van der Waals surface area (Å²) in [6.45, 7) is 0. The van der Waals surface area contributed by atoms with Crippen LogP contribution in [0.1, 0.15) is 0 Å². The zero-order valence-electron chi connectivity index (χ0n) is 12.7. The Morgan fingerprint density at radius 3 is 1.42 bits per heavy atom. The summed E-state index contributed by atoms with van der Waals surface area (Å²) in [5, 5.41) is 7.92. The van der Waals surface area contributed by atoms with Crippen molar-refractivity contribution in [2.24, 2.45) is 0 Å². The van der Waals surface area contributed by atoms with Gasteiger partial charge < -0.3 is 4.52 Å². The Bertz CT molecular complexity index is 726. The van der Waals surface area contributed by atoms with E-state index in [1.54, 1.807) is 18.2 Å². The third kappa shape index (κ3) is 5.99. The third-order valence-corrected chi connectivity index (χ3v) is 3.60. The molecule has 1 unspecified atom stereocenters. The van der Waals surface area contributed by atoms with E-state index in [-0.39, 0.29) is 5.75 Å². The predicted molar refractivity (Wildman–Crippen MR) is 92.5 cm³/mol. The maximum atomic E-state index is 10.6. The van der Waals surface area contributed by atoms with E-state index in [0.717, 1.165) is 0 Å². The molecule has 0 saturated heterocycles. The Kier molecular flexibility index (Phi) is 6.73. The molecule has 0 fully saturated rings. The van der Waals surface area contributed by atoms with Crippen LogP contribution in [0.3, 0.4) is 0 Å². The van der Waals surface area contributed by atoms with E-state index in [9.17, 15) is 4.57 Å². The molecule has 0 radical (unpaired) electrons. The van der Waals surface area contributed by atoms with E-state index in [0.29, 0.717) is 0 Å². The number of hydrogen-bond donors (Lipinski definition) is 2. The van der Waals surface area contributed by atoms with Crippen LogP contribution in [0.5, 0.6) is 5.75 Å². The second kappa shape index (κ2) is 9.01. The molecule has 3 rings (SSSR count). The lowest BCUT2D eigenvalue weighted by Gasteiger charge is -2.07. The van der Waals surface area contributed by atoms with Crippen molar-refractivity contribution in [1.29, 1.82) is 0 Å². The van der Waals surface area contributed by atoms with Crippen LogP contribution in [0.2, 0.25) is 0 Å². The number of phosphoric acid groups is 1. The first-order chi connectivity index (χ1) is 11.6. The maximum absolute atomic E-state index is 10.6. The van der Waals surface area contributed by atoms with Gasteiger partial charge in [0.1, 0.15) is 5.75 Å². The minimum Gasteiger partial charge on any atom is -0.403 e. The summed E-state index contributed by atoms with van der Waals surface area (Å²) in [7, 11) is -4.34. The van der Waals surface area contributed by atoms with Crippen LogP contribution >= 0.6 is 7.82 Å². The molecular formula is C18H17O5P. The van der Waals surface area contributed by atoms with Crippen LogP contribution < -0.4 is 4.52 Å². The second-order valence-electron chi connectivity index (χ2n) is 4.69. The fourth-order valence-electron chi connectivity index (χ4n) is 1.89. The molecular weight excluding hydrogens is 327 g/mol. The van der Waals surface area contributed by atoms with Crippen molar-refractivity contribution in [1.82, 2.24) is 0 Å². The van der Waals surface area contributed by atoms with Gasteiger partial charge in [-0.15, -0.1) is 4.67 Å². The lowest BCUT2D eigenvalue weighted by molar-refractivity contribution is -0.156. The monoisotopic (exact) mass is 344 g/mol. The van der Waals surface area contributed by atoms with Crippen molar-refractivity contribution in [2.75, 3.05) is 0 Å². The molecule has 0 heterocycles. The third-order valence-electron chi connectivity index (χ3n) is 2.95. The highest BCUT2D eigenvalue weighted by Crippen LogP contribution is 2.42. The SMILES string of the molecule is O=P(O)(OO)Oc1ccccc1.c1ccc(-c2ccccc2)cc1. The molecule has 0 amide bonds. The Morgan fingerprint density at radius 1 is 0.667 bits per heavy atom. The van der Waals surface area contributed by atoms with Crippen molar-refractivity contribution in [3.05, 3.63) is 91.0 Å². The van der Waals surface area contributed by atoms with Crippen molar-refractivity contribution in [3.63, 3.8) is 0 Å². The normalized spacial score (nSPS) is 12.4. The highest BCUT2D eigenvalue weighted by atomic mass is 31.2. The first kappa shape index (κ1) is 17.9. The minimum atomic E-state index is -4.34. The van der Waals surface area contributed by atoms with Crippen LogP contribution in [0, 0.1) is 0 Å². The largest absolute Gasteiger partial charge is 0.555 e. The summed E-state index contributed by atoms with van der Waals surface area (Å²) >= 11 is 0. The predicted octanol–water partition coefficient (Wildman–Crippen LogP) is 5.01. The van der Waals surface area contributed by atoms with Gasteiger partial charge in [0.15, 0.2) is 0 Å². The van der Waals surface area contributed by atoms with Crippen molar-refractivity contribution < 1.29 is 23.9 Å². The summed E-state index contributed by atoms with van der Waals surface area (Å²) in [5.74, 6) is 0.150. The van der Waals surface area contributed by atoms with Crippen LogP contribution in [-0.2, 0) is 9.24 Å². The molecule has 0 aromatic heterocycles. The highest BCUT2D eigenvalue weighted by molar-refractivity contribution is 7.47. The lowest BCUT2D eigenvalue weighted by Crippen LogP contribution is -1.93. The summed E-state index contributed by atoms with van der Waals surface area (Å²) in [4.78, 5) is 8.64. The summed E-state index contributed by atoms with van der Waals surface area (Å²) in [5.41, 5.74) is 2.55. The molecule has 0 aliphatic heterocycles. The van der Waals surface area contributed by atoms with Crippen LogP contribution in [0.4, 0.5) is 0 Å². The molecule has 0 spiro atoms. The first-order valence-corrected chi connectivity index (χ1v) is 8.61. The number of benzene rings is 3. The molecule has 3 aromatic rings. The number of para-hydroxylation sites is 1. The second-order valence-corrected chi connectivity index (χ2v) is 5.97. The van der Waals surface area contributed by atoms with E-state index in [1.165, 1.54) is 23.3 Å². The Morgan fingerprint density at radius 2 is 1.04 bits per heavy atom. The van der Waals surface area contributed by atoms with E-state index >= 15 is 0 Å². The van der Waals surface area contributed by atoms with E-state index in [4.69, 9.17) is 10.2 Å². The molecule has 3 aromatic carbocycles. The van der Waals surface area contributed by atoms with E-state index < -0.39 is 7.82 Å². The van der Waals surface area contributed by atoms with Gasteiger partial charge in [0, 0.05) is 0 Å². The standard InChI is InChI=1S/C12H10.C6H7O5P/c1-3-7-11(8-4-1)12-9-5-2-6-10-12;7-11-12(8,9)10-6-4-2-1-3-5-6/h1-10H;1-5,7H,(H,8,9). The van der Waals surface area contributed by atoms with Gasteiger partial charge in [0.25, 0.3) is 0 Å². The van der Waals surface area contributed by atoms with Gasteiger partial charge in [0.2, 0.25) is 0 Å². The van der Waals surface area contributed by atoms with Gasteiger partial charge in [-0.3, -0.25) is 4.89 Å². The Balaban J connectivity index is 0.000000174. The number of phosphoric ester groups is 1. The molecule has 6 heteroatoms.